The maximum Gasteiger partial charge on any atom is 0.222 e. The van der Waals surface area contributed by atoms with Crippen LogP contribution in [0.3, 0.4) is 0 Å². The lowest BCUT2D eigenvalue weighted by molar-refractivity contribution is -0.130. The molecule has 1 aromatic carbocycles. The van der Waals surface area contributed by atoms with Crippen molar-refractivity contribution >= 4 is 17.5 Å². The Labute approximate surface area is 174 Å². The Kier molecular flexibility index (Phi) is 7.85. The summed E-state index contributed by atoms with van der Waals surface area (Å²) in [7, 11) is 1.90. The first kappa shape index (κ1) is 21.1. The van der Waals surface area contributed by atoms with Crippen LogP contribution >= 0.6 is 0 Å². The molecule has 1 saturated heterocycles. The van der Waals surface area contributed by atoms with Crippen LogP contribution in [0.5, 0.6) is 0 Å². The second-order valence-corrected chi connectivity index (χ2v) is 7.89. The van der Waals surface area contributed by atoms with Crippen LogP contribution in [0.1, 0.15) is 44.6 Å². The summed E-state index contributed by atoms with van der Waals surface area (Å²) in [6, 6.07) is 12.2. The molecule has 1 aromatic heterocycles. The van der Waals surface area contributed by atoms with E-state index < -0.39 is 0 Å². The van der Waals surface area contributed by atoms with Crippen molar-refractivity contribution in [2.45, 2.75) is 45.6 Å². The van der Waals surface area contributed by atoms with E-state index in [9.17, 15) is 4.79 Å². The fourth-order valence-electron chi connectivity index (χ4n) is 3.78. The van der Waals surface area contributed by atoms with E-state index in [2.05, 4.69) is 39.2 Å². The van der Waals surface area contributed by atoms with E-state index in [-0.39, 0.29) is 5.91 Å². The van der Waals surface area contributed by atoms with Crippen LogP contribution in [0.25, 0.3) is 0 Å². The number of rotatable bonds is 9. The van der Waals surface area contributed by atoms with Gasteiger partial charge in [-0.15, -0.1) is 0 Å². The Morgan fingerprint density at radius 1 is 1.21 bits per heavy atom. The van der Waals surface area contributed by atoms with Crippen LogP contribution in [-0.4, -0.2) is 47.5 Å². The normalized spacial score (nSPS) is 14.6. The number of hydrogen-bond donors (Lipinski definition) is 1. The van der Waals surface area contributed by atoms with Crippen LogP contribution in [0.2, 0.25) is 0 Å². The van der Waals surface area contributed by atoms with Crippen molar-refractivity contribution in [3.63, 3.8) is 0 Å². The SMILES string of the molecule is CCCNc1cc(N2CCC(CCC(=O)N(C)Cc3ccccc3)CC2)ncn1. The minimum absolute atomic E-state index is 0.235. The van der Waals surface area contributed by atoms with Gasteiger partial charge in [-0.3, -0.25) is 4.79 Å². The number of nitrogens with zero attached hydrogens (tertiary/aromatic N) is 4. The third kappa shape index (κ3) is 6.44. The average molecular weight is 396 g/mol. The molecule has 0 atom stereocenters. The number of anilines is 2. The van der Waals surface area contributed by atoms with Crippen molar-refractivity contribution in [2.75, 3.05) is 36.9 Å². The van der Waals surface area contributed by atoms with Gasteiger partial charge in [0.25, 0.3) is 0 Å². The summed E-state index contributed by atoms with van der Waals surface area (Å²) in [6.45, 7) is 5.72. The number of benzene rings is 1. The Morgan fingerprint density at radius 2 is 1.97 bits per heavy atom. The van der Waals surface area contributed by atoms with Crippen molar-refractivity contribution in [2.24, 2.45) is 5.92 Å². The van der Waals surface area contributed by atoms with Gasteiger partial charge in [0.05, 0.1) is 0 Å². The molecule has 2 heterocycles. The minimum atomic E-state index is 0.235. The first-order valence-electron chi connectivity index (χ1n) is 10.7. The Morgan fingerprint density at radius 3 is 2.69 bits per heavy atom. The quantitative estimate of drug-likeness (QED) is 0.696. The fraction of sp³-hybridized carbons (Fsp3) is 0.522. The maximum absolute atomic E-state index is 12.5. The molecule has 1 aliphatic rings. The smallest absolute Gasteiger partial charge is 0.222 e. The topological polar surface area (TPSA) is 61.4 Å². The van der Waals surface area contributed by atoms with Crippen LogP contribution < -0.4 is 10.2 Å². The molecular formula is C23H33N5O. The van der Waals surface area contributed by atoms with Crippen LogP contribution in [0.4, 0.5) is 11.6 Å². The van der Waals surface area contributed by atoms with Gasteiger partial charge >= 0.3 is 0 Å². The molecule has 1 N–H and O–H groups in total. The van der Waals surface area contributed by atoms with E-state index in [0.29, 0.717) is 18.9 Å². The zero-order chi connectivity index (χ0) is 20.5. The molecule has 1 aliphatic heterocycles. The molecule has 0 radical (unpaired) electrons. The first-order chi connectivity index (χ1) is 14.2. The van der Waals surface area contributed by atoms with E-state index in [1.807, 2.05) is 36.2 Å². The van der Waals surface area contributed by atoms with Gasteiger partial charge < -0.3 is 15.1 Å². The third-order valence-electron chi connectivity index (χ3n) is 5.60. The fourth-order valence-corrected chi connectivity index (χ4v) is 3.78. The number of carbonyl (C=O) groups is 1. The van der Waals surface area contributed by atoms with Gasteiger partial charge in [0.1, 0.15) is 18.0 Å². The van der Waals surface area contributed by atoms with Crippen LogP contribution in [0.15, 0.2) is 42.7 Å². The van der Waals surface area contributed by atoms with Crippen LogP contribution in [0, 0.1) is 5.92 Å². The summed E-state index contributed by atoms with van der Waals surface area (Å²) in [5.74, 6) is 2.74. The summed E-state index contributed by atoms with van der Waals surface area (Å²) in [5, 5.41) is 3.32. The minimum Gasteiger partial charge on any atom is -0.370 e. The van der Waals surface area contributed by atoms with E-state index in [1.165, 1.54) is 5.56 Å². The molecule has 1 fully saturated rings. The number of piperidine rings is 1. The molecule has 0 bridgehead atoms. The largest absolute Gasteiger partial charge is 0.370 e. The summed E-state index contributed by atoms with van der Waals surface area (Å²) in [4.78, 5) is 25.4. The molecular weight excluding hydrogens is 362 g/mol. The van der Waals surface area contributed by atoms with Crippen molar-refractivity contribution < 1.29 is 4.79 Å². The summed E-state index contributed by atoms with van der Waals surface area (Å²) in [6.07, 6.45) is 6.53. The molecule has 1 amide bonds. The number of hydrogen-bond acceptors (Lipinski definition) is 5. The van der Waals surface area contributed by atoms with Gasteiger partial charge in [0, 0.05) is 45.7 Å². The molecule has 0 aliphatic carbocycles. The van der Waals surface area contributed by atoms with E-state index in [0.717, 1.165) is 57.0 Å². The second kappa shape index (κ2) is 10.8. The van der Waals surface area contributed by atoms with E-state index in [4.69, 9.17) is 0 Å². The molecule has 0 spiro atoms. The van der Waals surface area contributed by atoms with Gasteiger partial charge in [-0.2, -0.15) is 0 Å². The zero-order valence-corrected chi connectivity index (χ0v) is 17.7. The van der Waals surface area contributed by atoms with E-state index >= 15 is 0 Å². The summed E-state index contributed by atoms with van der Waals surface area (Å²) >= 11 is 0. The summed E-state index contributed by atoms with van der Waals surface area (Å²) in [5.41, 5.74) is 1.18. The lowest BCUT2D eigenvalue weighted by Crippen LogP contribution is -2.35. The molecule has 0 unspecified atom stereocenters. The number of carbonyl (C=O) groups excluding carboxylic acids is 1. The number of aromatic nitrogens is 2. The third-order valence-corrected chi connectivity index (χ3v) is 5.60. The highest BCUT2D eigenvalue weighted by Gasteiger charge is 2.22. The molecule has 29 heavy (non-hydrogen) atoms. The average Bonchev–Trinajstić information content (AvgIpc) is 2.77. The molecule has 0 saturated carbocycles. The van der Waals surface area contributed by atoms with E-state index in [1.54, 1.807) is 6.33 Å². The van der Waals surface area contributed by atoms with Crippen molar-refractivity contribution in [3.8, 4) is 0 Å². The van der Waals surface area contributed by atoms with Crippen molar-refractivity contribution in [1.82, 2.24) is 14.9 Å². The zero-order valence-electron chi connectivity index (χ0n) is 17.7. The first-order valence-corrected chi connectivity index (χ1v) is 10.7. The summed E-state index contributed by atoms with van der Waals surface area (Å²) < 4.78 is 0. The molecule has 6 heteroatoms. The molecule has 2 aromatic rings. The highest BCUT2D eigenvalue weighted by molar-refractivity contribution is 5.75. The number of amides is 1. The van der Waals surface area contributed by atoms with Gasteiger partial charge in [-0.05, 0) is 37.2 Å². The Hall–Kier alpha value is -2.63. The predicted octanol–water partition coefficient (Wildman–Crippen LogP) is 3.95. The molecule has 156 valence electrons. The highest BCUT2D eigenvalue weighted by Crippen LogP contribution is 2.26. The standard InChI is InChI=1S/C23H33N5O/c1-3-13-24-21-16-22(26-18-25-21)28-14-11-19(12-15-28)9-10-23(29)27(2)17-20-7-5-4-6-8-20/h4-8,16,18-19H,3,9-15,17H2,1-2H3,(H,24,25,26). The van der Waals surface area contributed by atoms with Crippen LogP contribution in [-0.2, 0) is 11.3 Å². The van der Waals surface area contributed by atoms with Gasteiger partial charge in [0.2, 0.25) is 5.91 Å². The van der Waals surface area contributed by atoms with Gasteiger partial charge in [0.15, 0.2) is 0 Å². The highest BCUT2D eigenvalue weighted by atomic mass is 16.2. The number of nitrogens with one attached hydrogen (secondary N) is 1. The maximum atomic E-state index is 12.5. The van der Waals surface area contributed by atoms with Crippen molar-refractivity contribution in [1.29, 1.82) is 0 Å². The monoisotopic (exact) mass is 395 g/mol. The lowest BCUT2D eigenvalue weighted by Gasteiger charge is -2.33. The predicted molar refractivity (Wildman–Crippen MR) is 118 cm³/mol. The molecule has 6 nitrogen and oxygen atoms in total. The van der Waals surface area contributed by atoms with Gasteiger partial charge in [-0.1, -0.05) is 37.3 Å². The van der Waals surface area contributed by atoms with Gasteiger partial charge in [-0.25, -0.2) is 9.97 Å². The second-order valence-electron chi connectivity index (χ2n) is 7.89. The molecule has 3 rings (SSSR count). The lowest BCUT2D eigenvalue weighted by atomic mass is 9.92. The Balaban J connectivity index is 1.41. The van der Waals surface area contributed by atoms with Crippen molar-refractivity contribution in [3.05, 3.63) is 48.3 Å². The Bertz CT molecular complexity index is 759.